The number of carbonyl (C=O) groups is 1. The molecule has 0 saturated carbocycles. The van der Waals surface area contributed by atoms with Gasteiger partial charge in [0.2, 0.25) is 0 Å². The summed E-state index contributed by atoms with van der Waals surface area (Å²) in [5.74, 6) is 0.0469. The van der Waals surface area contributed by atoms with Crippen LogP contribution in [0.1, 0.15) is 29.8 Å². The quantitative estimate of drug-likeness (QED) is 0.710. The number of hydrogen-bond acceptors (Lipinski definition) is 1. The predicted octanol–water partition coefficient (Wildman–Crippen LogP) is 2.90. The maximum absolute atomic E-state index is 12.0. The number of aryl methyl sites for hydroxylation is 1. The number of rotatable bonds is 4. The average Bonchev–Trinajstić information content (AvgIpc) is 2.27. The minimum atomic E-state index is 0.0469. The molecule has 0 atom stereocenters. The molecule has 86 valence electrons. The molecule has 0 fully saturated rings. The normalized spacial score (nSPS) is 9.94. The summed E-state index contributed by atoms with van der Waals surface area (Å²) in [6.07, 6.45) is 0.996. The highest BCUT2D eigenvalue weighted by Gasteiger charge is 2.10. The van der Waals surface area contributed by atoms with Crippen molar-refractivity contribution in [3.8, 4) is 0 Å². The van der Waals surface area contributed by atoms with E-state index in [0.29, 0.717) is 6.54 Å². The monoisotopic (exact) mass is 217 g/mol. The van der Waals surface area contributed by atoms with Gasteiger partial charge in [0.25, 0.3) is 5.91 Å². The van der Waals surface area contributed by atoms with Gasteiger partial charge in [0.15, 0.2) is 0 Å². The molecule has 1 rings (SSSR count). The smallest absolute Gasteiger partial charge is 0.253 e. The first kappa shape index (κ1) is 12.5. The van der Waals surface area contributed by atoms with Gasteiger partial charge in [-0.2, -0.15) is 0 Å². The molecular formula is C14H19NO. The Labute approximate surface area is 97.6 Å². The number of benzene rings is 1. The van der Waals surface area contributed by atoms with E-state index in [1.54, 1.807) is 11.9 Å². The van der Waals surface area contributed by atoms with E-state index in [1.807, 2.05) is 31.2 Å². The Morgan fingerprint density at radius 3 is 2.31 bits per heavy atom. The van der Waals surface area contributed by atoms with Gasteiger partial charge in [0.1, 0.15) is 0 Å². The minimum absolute atomic E-state index is 0.0469. The lowest BCUT2D eigenvalue weighted by atomic mass is 10.1. The van der Waals surface area contributed by atoms with Crippen molar-refractivity contribution in [1.82, 2.24) is 4.90 Å². The first-order valence-corrected chi connectivity index (χ1v) is 5.53. The summed E-state index contributed by atoms with van der Waals surface area (Å²) in [5, 5.41) is 0. The number of carbonyl (C=O) groups excluding carboxylic acids is 1. The third-order valence-corrected chi connectivity index (χ3v) is 2.46. The van der Waals surface area contributed by atoms with Gasteiger partial charge in [-0.3, -0.25) is 4.79 Å². The van der Waals surface area contributed by atoms with E-state index in [9.17, 15) is 4.79 Å². The van der Waals surface area contributed by atoms with Crippen LogP contribution in [0.25, 0.3) is 0 Å². The minimum Gasteiger partial charge on any atom is -0.338 e. The Hall–Kier alpha value is -1.57. The van der Waals surface area contributed by atoms with Crippen molar-refractivity contribution in [2.75, 3.05) is 13.6 Å². The molecule has 1 aromatic carbocycles. The largest absolute Gasteiger partial charge is 0.338 e. The van der Waals surface area contributed by atoms with E-state index in [4.69, 9.17) is 0 Å². The van der Waals surface area contributed by atoms with Crippen LogP contribution >= 0.6 is 0 Å². The molecule has 0 aliphatic heterocycles. The molecule has 1 aromatic rings. The van der Waals surface area contributed by atoms with Gasteiger partial charge in [-0.1, -0.05) is 31.2 Å². The molecule has 16 heavy (non-hydrogen) atoms. The second-order valence-electron chi connectivity index (χ2n) is 4.17. The number of nitrogens with zero attached hydrogens (tertiary/aromatic N) is 1. The van der Waals surface area contributed by atoms with Crippen molar-refractivity contribution in [2.45, 2.75) is 20.3 Å². The van der Waals surface area contributed by atoms with E-state index in [0.717, 1.165) is 17.6 Å². The van der Waals surface area contributed by atoms with Crippen LogP contribution in [-0.4, -0.2) is 24.4 Å². The molecule has 0 radical (unpaired) electrons. The molecule has 0 spiro atoms. The average molecular weight is 217 g/mol. The van der Waals surface area contributed by atoms with Crippen LogP contribution in [0.15, 0.2) is 36.4 Å². The lowest BCUT2D eigenvalue weighted by Gasteiger charge is -2.17. The van der Waals surface area contributed by atoms with E-state index in [-0.39, 0.29) is 5.91 Å². The highest BCUT2D eigenvalue weighted by Crippen LogP contribution is 2.08. The first-order valence-electron chi connectivity index (χ1n) is 5.53. The molecule has 0 aliphatic rings. The standard InChI is InChI=1S/C14H19NO/c1-5-12-6-8-13(9-7-12)14(16)15(4)10-11(2)3/h6-9H,2,5,10H2,1,3-4H3. The van der Waals surface area contributed by atoms with Gasteiger partial charge < -0.3 is 4.90 Å². The molecule has 0 heterocycles. The molecule has 2 heteroatoms. The Balaban J connectivity index is 2.75. The maximum atomic E-state index is 12.0. The molecule has 0 aromatic heterocycles. The third kappa shape index (κ3) is 3.23. The zero-order valence-electron chi connectivity index (χ0n) is 10.3. The van der Waals surface area contributed by atoms with Crippen LogP contribution in [0.5, 0.6) is 0 Å². The molecule has 2 nitrogen and oxygen atoms in total. The van der Waals surface area contributed by atoms with Crippen molar-refractivity contribution >= 4 is 5.91 Å². The predicted molar refractivity (Wildman–Crippen MR) is 67.6 cm³/mol. The van der Waals surface area contributed by atoms with Crippen LogP contribution in [-0.2, 0) is 6.42 Å². The molecule has 0 saturated heterocycles. The summed E-state index contributed by atoms with van der Waals surface area (Å²) in [5.41, 5.74) is 2.97. The van der Waals surface area contributed by atoms with E-state index in [2.05, 4.69) is 13.5 Å². The van der Waals surface area contributed by atoms with Crippen LogP contribution in [0, 0.1) is 0 Å². The summed E-state index contributed by atoms with van der Waals surface area (Å²) in [7, 11) is 1.80. The summed E-state index contributed by atoms with van der Waals surface area (Å²) < 4.78 is 0. The second-order valence-corrected chi connectivity index (χ2v) is 4.17. The zero-order valence-corrected chi connectivity index (χ0v) is 10.3. The van der Waals surface area contributed by atoms with Crippen LogP contribution in [0.4, 0.5) is 0 Å². The lowest BCUT2D eigenvalue weighted by Crippen LogP contribution is -2.28. The number of amides is 1. The Kier molecular flexibility index (Phi) is 4.29. The number of likely N-dealkylation sites (N-methyl/N-ethyl adjacent to an activating group) is 1. The highest BCUT2D eigenvalue weighted by atomic mass is 16.2. The maximum Gasteiger partial charge on any atom is 0.253 e. The van der Waals surface area contributed by atoms with Crippen molar-refractivity contribution in [1.29, 1.82) is 0 Å². The number of hydrogen-bond donors (Lipinski definition) is 0. The summed E-state index contributed by atoms with van der Waals surface area (Å²) in [6.45, 7) is 8.43. The molecule has 0 aliphatic carbocycles. The SMILES string of the molecule is C=C(C)CN(C)C(=O)c1ccc(CC)cc1. The fraction of sp³-hybridized carbons (Fsp3) is 0.357. The fourth-order valence-electron chi connectivity index (χ4n) is 1.58. The van der Waals surface area contributed by atoms with Gasteiger partial charge >= 0.3 is 0 Å². The molecule has 0 N–H and O–H groups in total. The second kappa shape index (κ2) is 5.50. The topological polar surface area (TPSA) is 20.3 Å². The highest BCUT2D eigenvalue weighted by molar-refractivity contribution is 5.94. The van der Waals surface area contributed by atoms with Gasteiger partial charge in [-0.15, -0.1) is 0 Å². The van der Waals surface area contributed by atoms with E-state index < -0.39 is 0 Å². The van der Waals surface area contributed by atoms with E-state index in [1.165, 1.54) is 5.56 Å². The Morgan fingerprint density at radius 2 is 1.88 bits per heavy atom. The van der Waals surface area contributed by atoms with Gasteiger partial charge in [0.05, 0.1) is 0 Å². The van der Waals surface area contributed by atoms with Crippen molar-refractivity contribution in [3.63, 3.8) is 0 Å². The van der Waals surface area contributed by atoms with Gasteiger partial charge in [-0.25, -0.2) is 0 Å². The Morgan fingerprint density at radius 1 is 1.31 bits per heavy atom. The molecule has 0 unspecified atom stereocenters. The van der Waals surface area contributed by atoms with Crippen LogP contribution in [0.3, 0.4) is 0 Å². The van der Waals surface area contributed by atoms with Crippen molar-refractivity contribution in [3.05, 3.63) is 47.5 Å². The Bertz CT molecular complexity index is 378. The molecular weight excluding hydrogens is 198 g/mol. The fourth-order valence-corrected chi connectivity index (χ4v) is 1.58. The van der Waals surface area contributed by atoms with Crippen LogP contribution < -0.4 is 0 Å². The van der Waals surface area contributed by atoms with Crippen LogP contribution in [0.2, 0.25) is 0 Å². The first-order chi connectivity index (χ1) is 7.54. The van der Waals surface area contributed by atoms with E-state index >= 15 is 0 Å². The summed E-state index contributed by atoms with van der Waals surface area (Å²) >= 11 is 0. The zero-order chi connectivity index (χ0) is 12.1. The van der Waals surface area contributed by atoms with Crippen molar-refractivity contribution < 1.29 is 4.79 Å². The molecule has 0 bridgehead atoms. The van der Waals surface area contributed by atoms with Gasteiger partial charge in [0, 0.05) is 19.2 Å². The van der Waals surface area contributed by atoms with Gasteiger partial charge in [-0.05, 0) is 31.0 Å². The lowest BCUT2D eigenvalue weighted by molar-refractivity contribution is 0.0807. The molecule has 1 amide bonds. The summed E-state index contributed by atoms with van der Waals surface area (Å²) in [4.78, 5) is 13.6. The van der Waals surface area contributed by atoms with Crippen molar-refractivity contribution in [2.24, 2.45) is 0 Å². The summed E-state index contributed by atoms with van der Waals surface area (Å²) in [6, 6.07) is 7.77. The third-order valence-electron chi connectivity index (χ3n) is 2.46.